The average molecular weight is 279 g/mol. The first-order valence-electron chi connectivity index (χ1n) is 5.79. The molecule has 0 N–H and O–H groups in total. The zero-order chi connectivity index (χ0) is 14.3. The summed E-state index contributed by atoms with van der Waals surface area (Å²) >= 11 is 0. The molecule has 4 nitrogen and oxygen atoms in total. The van der Waals surface area contributed by atoms with Crippen LogP contribution >= 0.6 is 0 Å². The fourth-order valence-electron chi connectivity index (χ4n) is 1.46. The van der Waals surface area contributed by atoms with Gasteiger partial charge in [-0.25, -0.2) is 0 Å². The quantitative estimate of drug-likeness (QED) is 0.541. The first-order chi connectivity index (χ1) is 8.95. The number of nitrogens with zero attached hydrogens (tertiary/aromatic N) is 1. The lowest BCUT2D eigenvalue weighted by molar-refractivity contribution is -0.0885. The summed E-state index contributed by atoms with van der Waals surface area (Å²) in [5.74, 6) is -1.83. The van der Waals surface area contributed by atoms with Gasteiger partial charge in [-0.3, -0.25) is 4.79 Å². The van der Waals surface area contributed by atoms with E-state index in [1.54, 1.807) is 7.11 Å². The van der Waals surface area contributed by atoms with Gasteiger partial charge in [-0.15, -0.1) is 0 Å². The molecule has 0 aromatic carbocycles. The van der Waals surface area contributed by atoms with Crippen molar-refractivity contribution in [1.29, 1.82) is 0 Å². The van der Waals surface area contributed by atoms with E-state index in [4.69, 9.17) is 9.47 Å². The summed E-state index contributed by atoms with van der Waals surface area (Å²) in [7, 11) is 1.60. The van der Waals surface area contributed by atoms with Gasteiger partial charge in [-0.2, -0.15) is 13.2 Å². The molecule has 0 atom stereocenters. The fourth-order valence-corrected chi connectivity index (χ4v) is 1.46. The summed E-state index contributed by atoms with van der Waals surface area (Å²) in [6, 6.07) is 1.15. The third-order valence-electron chi connectivity index (χ3n) is 2.40. The fraction of sp³-hybridized carbons (Fsp3) is 0.583. The van der Waals surface area contributed by atoms with E-state index in [9.17, 15) is 18.0 Å². The summed E-state index contributed by atoms with van der Waals surface area (Å²) < 4.78 is 48.1. The van der Waals surface area contributed by atoms with E-state index in [1.165, 1.54) is 17.0 Å². The van der Waals surface area contributed by atoms with Crippen LogP contribution in [0.4, 0.5) is 13.2 Å². The van der Waals surface area contributed by atoms with Gasteiger partial charge in [0.1, 0.15) is 0 Å². The third-order valence-corrected chi connectivity index (χ3v) is 2.40. The maximum Gasteiger partial charge on any atom is 0.454 e. The Balaban J connectivity index is 2.33. The second kappa shape index (κ2) is 7.30. The Labute approximate surface area is 109 Å². The van der Waals surface area contributed by atoms with E-state index in [1.807, 2.05) is 0 Å². The summed E-state index contributed by atoms with van der Waals surface area (Å²) in [5, 5.41) is 0. The molecule has 19 heavy (non-hydrogen) atoms. The van der Waals surface area contributed by atoms with Crippen LogP contribution in [0.25, 0.3) is 0 Å². The summed E-state index contributed by atoms with van der Waals surface area (Å²) in [5.41, 5.74) is -0.355. The number of rotatable bonds is 8. The first-order valence-corrected chi connectivity index (χ1v) is 5.79. The van der Waals surface area contributed by atoms with Gasteiger partial charge < -0.3 is 14.0 Å². The van der Waals surface area contributed by atoms with E-state index < -0.39 is 12.0 Å². The van der Waals surface area contributed by atoms with Crippen LogP contribution in [-0.2, 0) is 16.0 Å². The van der Waals surface area contributed by atoms with Crippen LogP contribution < -0.4 is 0 Å². The smallest absolute Gasteiger partial charge is 0.385 e. The predicted molar refractivity (Wildman–Crippen MR) is 62.1 cm³/mol. The van der Waals surface area contributed by atoms with Crippen molar-refractivity contribution in [3.05, 3.63) is 24.0 Å². The highest BCUT2D eigenvalue weighted by Gasteiger charge is 2.39. The van der Waals surface area contributed by atoms with Crippen LogP contribution in [0.3, 0.4) is 0 Å². The SMILES string of the molecule is COCCCOCCn1ccc(C(=O)C(F)(F)F)c1. The zero-order valence-corrected chi connectivity index (χ0v) is 10.6. The molecule has 7 heteroatoms. The predicted octanol–water partition coefficient (Wildman–Crippen LogP) is 2.29. The van der Waals surface area contributed by atoms with E-state index in [-0.39, 0.29) is 5.56 Å². The van der Waals surface area contributed by atoms with Crippen LogP contribution in [0.2, 0.25) is 0 Å². The second-order valence-electron chi connectivity index (χ2n) is 3.92. The molecule has 0 aliphatic heterocycles. The number of ketones is 1. The van der Waals surface area contributed by atoms with E-state index in [0.29, 0.717) is 26.4 Å². The maximum atomic E-state index is 12.2. The molecule has 108 valence electrons. The Morgan fingerprint density at radius 3 is 2.68 bits per heavy atom. The van der Waals surface area contributed by atoms with Crippen molar-refractivity contribution in [2.75, 3.05) is 26.9 Å². The molecule has 0 radical (unpaired) electrons. The molecule has 0 unspecified atom stereocenters. The van der Waals surface area contributed by atoms with Crippen molar-refractivity contribution < 1.29 is 27.4 Å². The molecule has 1 aromatic heterocycles. The van der Waals surface area contributed by atoms with Crippen molar-refractivity contribution in [2.45, 2.75) is 19.1 Å². The number of carbonyl (C=O) groups excluding carboxylic acids is 1. The molecular formula is C12H16F3NO3. The Hall–Kier alpha value is -1.34. The van der Waals surface area contributed by atoms with Crippen molar-refractivity contribution in [3.8, 4) is 0 Å². The van der Waals surface area contributed by atoms with E-state index in [0.717, 1.165) is 12.5 Å². The van der Waals surface area contributed by atoms with E-state index in [2.05, 4.69) is 0 Å². The van der Waals surface area contributed by atoms with Crippen molar-refractivity contribution in [2.24, 2.45) is 0 Å². The Kier molecular flexibility index (Phi) is 6.04. The summed E-state index contributed by atoms with van der Waals surface area (Å²) in [4.78, 5) is 10.9. The van der Waals surface area contributed by atoms with Crippen molar-refractivity contribution >= 4 is 5.78 Å². The average Bonchev–Trinajstić information content (AvgIpc) is 2.80. The maximum absolute atomic E-state index is 12.2. The molecule has 1 aromatic rings. The standard InChI is InChI=1S/C12H16F3NO3/c1-18-6-2-7-19-8-5-16-4-3-10(9-16)11(17)12(13,14)15/h3-4,9H,2,5-8H2,1H3. The van der Waals surface area contributed by atoms with E-state index >= 15 is 0 Å². The van der Waals surface area contributed by atoms with Crippen LogP contribution in [0.1, 0.15) is 16.8 Å². The van der Waals surface area contributed by atoms with Gasteiger partial charge in [0.15, 0.2) is 0 Å². The monoisotopic (exact) mass is 279 g/mol. The van der Waals surface area contributed by atoms with Gasteiger partial charge in [0, 0.05) is 44.8 Å². The number of ether oxygens (including phenoxy) is 2. The van der Waals surface area contributed by atoms with Gasteiger partial charge in [-0.1, -0.05) is 0 Å². The molecule has 1 heterocycles. The topological polar surface area (TPSA) is 40.5 Å². The molecule has 0 aliphatic rings. The number of methoxy groups -OCH3 is 1. The third kappa shape index (κ3) is 5.44. The molecule has 0 fully saturated rings. The molecule has 0 saturated carbocycles. The van der Waals surface area contributed by atoms with Crippen molar-refractivity contribution in [3.63, 3.8) is 0 Å². The molecule has 1 rings (SSSR count). The highest BCUT2D eigenvalue weighted by Crippen LogP contribution is 2.21. The number of Topliss-reactive ketones (excluding diaryl/α,β-unsaturated/α-hetero) is 1. The lowest BCUT2D eigenvalue weighted by atomic mass is 10.2. The summed E-state index contributed by atoms with van der Waals surface area (Å²) in [6.07, 6.45) is -1.46. The zero-order valence-electron chi connectivity index (χ0n) is 10.6. The Bertz CT molecular complexity index is 401. The Morgan fingerprint density at radius 2 is 2.05 bits per heavy atom. The number of hydrogen-bond acceptors (Lipinski definition) is 3. The minimum atomic E-state index is -4.83. The first kappa shape index (κ1) is 15.7. The van der Waals surface area contributed by atoms with Crippen molar-refractivity contribution in [1.82, 2.24) is 4.57 Å². The highest BCUT2D eigenvalue weighted by molar-refractivity contribution is 6.00. The van der Waals surface area contributed by atoms with Gasteiger partial charge >= 0.3 is 6.18 Å². The second-order valence-corrected chi connectivity index (χ2v) is 3.92. The highest BCUT2D eigenvalue weighted by atomic mass is 19.4. The Morgan fingerprint density at radius 1 is 1.32 bits per heavy atom. The van der Waals surface area contributed by atoms with Gasteiger partial charge in [-0.05, 0) is 12.5 Å². The lowest BCUT2D eigenvalue weighted by Crippen LogP contribution is -2.22. The largest absolute Gasteiger partial charge is 0.454 e. The lowest BCUT2D eigenvalue weighted by Gasteiger charge is -2.05. The van der Waals surface area contributed by atoms with Gasteiger partial charge in [0.05, 0.1) is 6.61 Å². The van der Waals surface area contributed by atoms with Crippen LogP contribution in [-0.4, -0.2) is 43.5 Å². The number of carbonyl (C=O) groups is 1. The van der Waals surface area contributed by atoms with Gasteiger partial charge in [0.2, 0.25) is 0 Å². The number of halogens is 3. The summed E-state index contributed by atoms with van der Waals surface area (Å²) in [6.45, 7) is 1.91. The number of hydrogen-bond donors (Lipinski definition) is 0. The molecular weight excluding hydrogens is 263 g/mol. The minimum Gasteiger partial charge on any atom is -0.385 e. The molecule has 0 bridgehead atoms. The number of alkyl halides is 3. The number of aromatic nitrogens is 1. The molecule has 0 saturated heterocycles. The molecule has 0 amide bonds. The van der Waals surface area contributed by atoms with Crippen LogP contribution in [0, 0.1) is 0 Å². The van der Waals surface area contributed by atoms with Crippen LogP contribution in [0.15, 0.2) is 18.5 Å². The normalized spacial score (nSPS) is 11.8. The molecule has 0 spiro atoms. The minimum absolute atomic E-state index is 0.355. The van der Waals surface area contributed by atoms with Gasteiger partial charge in [0.25, 0.3) is 5.78 Å². The van der Waals surface area contributed by atoms with Crippen LogP contribution in [0.5, 0.6) is 0 Å². The molecule has 0 aliphatic carbocycles.